The predicted octanol–water partition coefficient (Wildman–Crippen LogP) is 2.17. The lowest BCUT2D eigenvalue weighted by Gasteiger charge is -2.35. The van der Waals surface area contributed by atoms with Crippen LogP contribution in [0.15, 0.2) is 34.9 Å². The van der Waals surface area contributed by atoms with Crippen molar-refractivity contribution in [3.8, 4) is 5.75 Å². The molecule has 0 saturated carbocycles. The number of nitrogens with one attached hydrogen (secondary N) is 1. The fourth-order valence-corrected chi connectivity index (χ4v) is 2.66. The Labute approximate surface area is 146 Å². The molecule has 1 amide bonds. The highest BCUT2D eigenvalue weighted by molar-refractivity contribution is 5.93. The van der Waals surface area contributed by atoms with Crippen LogP contribution in [0, 0.1) is 0 Å². The molecule has 7 nitrogen and oxygen atoms in total. The molecule has 3 rings (SSSR count). The summed E-state index contributed by atoms with van der Waals surface area (Å²) in [4.78, 5) is 14.3. The number of anilines is 2. The number of amides is 1. The molecule has 0 radical (unpaired) electrons. The molecule has 1 aromatic carbocycles. The van der Waals surface area contributed by atoms with E-state index in [9.17, 15) is 9.90 Å². The summed E-state index contributed by atoms with van der Waals surface area (Å²) >= 11 is 0. The van der Waals surface area contributed by atoms with Gasteiger partial charge < -0.3 is 19.3 Å². The smallest absolute Gasteiger partial charge is 0.246 e. The molecule has 0 aliphatic carbocycles. The van der Waals surface area contributed by atoms with E-state index in [1.807, 2.05) is 49.9 Å². The summed E-state index contributed by atoms with van der Waals surface area (Å²) in [5.41, 5.74) is 1.46. The van der Waals surface area contributed by atoms with Crippen molar-refractivity contribution in [3.63, 3.8) is 0 Å². The number of ether oxygens (including phenoxy) is 1. The lowest BCUT2D eigenvalue weighted by Crippen LogP contribution is -2.45. The average Bonchev–Trinajstić information content (AvgIpc) is 3.03. The van der Waals surface area contributed by atoms with Crippen molar-refractivity contribution in [2.45, 2.75) is 32.3 Å². The van der Waals surface area contributed by atoms with Crippen molar-refractivity contribution in [1.82, 2.24) is 5.16 Å². The third-order valence-electron chi connectivity index (χ3n) is 4.00. The summed E-state index contributed by atoms with van der Waals surface area (Å²) in [6.45, 7) is 6.53. The first-order chi connectivity index (χ1) is 11.9. The highest BCUT2D eigenvalue weighted by atomic mass is 16.5. The first kappa shape index (κ1) is 17.3. The number of carbonyl (C=O) groups excluding carboxylic acids is 1. The van der Waals surface area contributed by atoms with Crippen molar-refractivity contribution in [1.29, 1.82) is 0 Å². The monoisotopic (exact) mass is 345 g/mol. The molecule has 0 fully saturated rings. The average molecular weight is 345 g/mol. The lowest BCUT2D eigenvalue weighted by molar-refractivity contribution is -0.115. The Morgan fingerprint density at radius 2 is 2.16 bits per heavy atom. The van der Waals surface area contributed by atoms with E-state index in [4.69, 9.17) is 9.26 Å². The summed E-state index contributed by atoms with van der Waals surface area (Å²) in [6.07, 6.45) is -0.361. The zero-order chi connectivity index (χ0) is 18.0. The first-order valence-electron chi connectivity index (χ1n) is 8.25. The van der Waals surface area contributed by atoms with Crippen molar-refractivity contribution in [3.05, 3.63) is 36.0 Å². The minimum atomic E-state index is -0.361. The quantitative estimate of drug-likeness (QED) is 0.883. The molecule has 1 aromatic heterocycles. The van der Waals surface area contributed by atoms with Gasteiger partial charge in [0.2, 0.25) is 11.8 Å². The minimum Gasteiger partial charge on any atom is -0.484 e. The highest BCUT2D eigenvalue weighted by Crippen LogP contribution is 2.32. The molecule has 7 heteroatoms. The molecule has 0 saturated heterocycles. The Kier molecular flexibility index (Phi) is 4.67. The lowest BCUT2D eigenvalue weighted by atomic mass is 9.92. The zero-order valence-electron chi connectivity index (χ0n) is 14.7. The summed E-state index contributed by atoms with van der Waals surface area (Å²) in [5, 5.41) is 16.1. The number of hydrogen-bond acceptors (Lipinski definition) is 6. The van der Waals surface area contributed by atoms with Gasteiger partial charge in [-0.2, -0.15) is 0 Å². The van der Waals surface area contributed by atoms with Crippen LogP contribution in [0.25, 0.3) is 0 Å². The second-order valence-electron chi connectivity index (χ2n) is 7.15. The number of fused-ring (bicyclic) bond motifs is 1. The van der Waals surface area contributed by atoms with E-state index in [0.29, 0.717) is 18.2 Å². The predicted molar refractivity (Wildman–Crippen MR) is 94.0 cm³/mol. The van der Waals surface area contributed by atoms with Crippen LogP contribution in [0.2, 0.25) is 0 Å². The van der Waals surface area contributed by atoms with Crippen LogP contribution in [-0.4, -0.2) is 42.0 Å². The van der Waals surface area contributed by atoms with Gasteiger partial charge in [0.15, 0.2) is 0 Å². The Morgan fingerprint density at radius 3 is 2.84 bits per heavy atom. The Hall–Kier alpha value is -2.54. The fraction of sp³-hybridized carbons (Fsp3) is 0.444. The van der Waals surface area contributed by atoms with Gasteiger partial charge in [0.25, 0.3) is 0 Å². The molecule has 1 atom stereocenters. The van der Waals surface area contributed by atoms with Crippen LogP contribution in [0.3, 0.4) is 0 Å². The van der Waals surface area contributed by atoms with Crippen molar-refractivity contribution >= 4 is 17.5 Å². The van der Waals surface area contributed by atoms with Crippen LogP contribution in [-0.2, 0) is 10.2 Å². The third-order valence-corrected chi connectivity index (χ3v) is 4.00. The standard InChI is InChI=1S/C18H23N3O4/c1-18(2,3)15-8-17(25-20-15)19-16(23)10-21-9-12(11-22)24-14-7-5-4-6-13(14)21/h4-8,12,22H,9-11H2,1-3H3,(H,19,23). The van der Waals surface area contributed by atoms with Crippen molar-refractivity contribution in [2.75, 3.05) is 29.9 Å². The number of rotatable bonds is 4. The maximum Gasteiger partial charge on any atom is 0.246 e. The summed E-state index contributed by atoms with van der Waals surface area (Å²) in [5.74, 6) is 0.774. The Balaban J connectivity index is 1.69. The second kappa shape index (κ2) is 6.76. The van der Waals surface area contributed by atoms with E-state index >= 15 is 0 Å². The maximum absolute atomic E-state index is 12.4. The van der Waals surface area contributed by atoms with E-state index in [-0.39, 0.29) is 30.6 Å². The molecule has 1 aliphatic heterocycles. The number of benzene rings is 1. The Bertz CT molecular complexity index is 751. The second-order valence-corrected chi connectivity index (χ2v) is 7.15. The van der Waals surface area contributed by atoms with E-state index in [1.54, 1.807) is 6.07 Å². The van der Waals surface area contributed by atoms with Gasteiger partial charge in [-0.05, 0) is 12.1 Å². The van der Waals surface area contributed by atoms with Gasteiger partial charge in [-0.3, -0.25) is 10.1 Å². The van der Waals surface area contributed by atoms with Gasteiger partial charge in [0, 0.05) is 11.5 Å². The van der Waals surface area contributed by atoms with Crippen LogP contribution in [0.4, 0.5) is 11.6 Å². The highest BCUT2D eigenvalue weighted by Gasteiger charge is 2.27. The normalized spacial score (nSPS) is 17.0. The Morgan fingerprint density at radius 1 is 1.40 bits per heavy atom. The van der Waals surface area contributed by atoms with E-state index in [2.05, 4.69) is 10.5 Å². The van der Waals surface area contributed by atoms with Crippen LogP contribution in [0.1, 0.15) is 26.5 Å². The molecule has 2 aromatic rings. The number of aliphatic hydroxyl groups is 1. The van der Waals surface area contributed by atoms with Gasteiger partial charge >= 0.3 is 0 Å². The van der Waals surface area contributed by atoms with Gasteiger partial charge in [-0.25, -0.2) is 0 Å². The zero-order valence-corrected chi connectivity index (χ0v) is 14.7. The van der Waals surface area contributed by atoms with Crippen LogP contribution < -0.4 is 15.0 Å². The number of para-hydroxylation sites is 2. The number of nitrogens with zero attached hydrogens (tertiary/aromatic N) is 2. The molecule has 134 valence electrons. The summed E-state index contributed by atoms with van der Waals surface area (Å²) in [6, 6.07) is 9.20. The summed E-state index contributed by atoms with van der Waals surface area (Å²) in [7, 11) is 0. The first-order valence-corrected chi connectivity index (χ1v) is 8.25. The number of hydrogen-bond donors (Lipinski definition) is 2. The topological polar surface area (TPSA) is 87.8 Å². The van der Waals surface area contributed by atoms with Crippen LogP contribution >= 0.6 is 0 Å². The SMILES string of the molecule is CC(C)(C)c1cc(NC(=O)CN2CC(CO)Oc3ccccc32)on1. The third kappa shape index (κ3) is 3.93. The van der Waals surface area contributed by atoms with Crippen molar-refractivity contribution in [2.24, 2.45) is 0 Å². The van der Waals surface area contributed by atoms with E-state index in [1.165, 1.54) is 0 Å². The van der Waals surface area contributed by atoms with Gasteiger partial charge in [-0.1, -0.05) is 38.1 Å². The number of aliphatic hydroxyl groups excluding tert-OH is 1. The number of carbonyl (C=O) groups is 1. The number of aromatic nitrogens is 1. The van der Waals surface area contributed by atoms with Gasteiger partial charge in [0.05, 0.1) is 31.1 Å². The van der Waals surface area contributed by atoms with Crippen molar-refractivity contribution < 1.29 is 19.2 Å². The maximum atomic E-state index is 12.4. The summed E-state index contributed by atoms with van der Waals surface area (Å²) < 4.78 is 10.9. The van der Waals surface area contributed by atoms with Crippen LogP contribution in [0.5, 0.6) is 5.75 Å². The molecule has 0 spiro atoms. The van der Waals surface area contributed by atoms with E-state index < -0.39 is 0 Å². The molecule has 2 heterocycles. The molecule has 1 aliphatic rings. The molecular formula is C18H23N3O4. The van der Waals surface area contributed by atoms with Gasteiger partial charge in [-0.15, -0.1) is 0 Å². The molecule has 1 unspecified atom stereocenters. The van der Waals surface area contributed by atoms with E-state index in [0.717, 1.165) is 11.4 Å². The minimum absolute atomic E-state index is 0.108. The molecular weight excluding hydrogens is 322 g/mol. The molecule has 0 bridgehead atoms. The largest absolute Gasteiger partial charge is 0.484 e. The fourth-order valence-electron chi connectivity index (χ4n) is 2.66. The molecule has 25 heavy (non-hydrogen) atoms. The molecule has 2 N–H and O–H groups in total. The van der Waals surface area contributed by atoms with Gasteiger partial charge in [0.1, 0.15) is 11.9 Å².